The molecule has 0 unspecified atom stereocenters. The number of benzene rings is 1. The van der Waals surface area contributed by atoms with E-state index in [1.54, 1.807) is 4.68 Å². The molecule has 2 heterocycles. The largest absolute Gasteiger partial charge is 0.367 e. The van der Waals surface area contributed by atoms with Gasteiger partial charge in [0.25, 0.3) is 0 Å². The second-order valence-electron chi connectivity index (χ2n) is 6.29. The van der Waals surface area contributed by atoms with Gasteiger partial charge in [-0.2, -0.15) is 5.10 Å². The number of carbonyl (C=O) groups is 1. The molecular weight excluding hydrogens is 302 g/mol. The molecule has 1 saturated heterocycles. The summed E-state index contributed by atoms with van der Waals surface area (Å²) in [6, 6.07) is 10.5. The Morgan fingerprint density at radius 1 is 1.33 bits per heavy atom. The first kappa shape index (κ1) is 16.4. The van der Waals surface area contributed by atoms with Crippen LogP contribution >= 0.6 is 0 Å². The fourth-order valence-corrected chi connectivity index (χ4v) is 3.06. The molecule has 1 aromatic carbocycles. The van der Waals surface area contributed by atoms with Gasteiger partial charge in [0.1, 0.15) is 0 Å². The SMILES string of the molecule is Cn1cc(N2CC[C@@H](NC(=O)NCCCc3ccccc3)C2)cn1. The third kappa shape index (κ3) is 4.50. The molecule has 2 amide bonds. The number of nitrogens with zero attached hydrogens (tertiary/aromatic N) is 3. The Bertz CT molecular complexity index is 654. The Kier molecular flexibility index (Phi) is 5.36. The molecule has 1 aliphatic heterocycles. The van der Waals surface area contributed by atoms with E-state index in [-0.39, 0.29) is 12.1 Å². The number of nitrogens with one attached hydrogen (secondary N) is 2. The van der Waals surface area contributed by atoms with Crippen molar-refractivity contribution in [2.24, 2.45) is 7.05 Å². The maximum absolute atomic E-state index is 12.0. The van der Waals surface area contributed by atoms with Gasteiger partial charge < -0.3 is 15.5 Å². The molecule has 0 radical (unpaired) electrons. The standard InChI is InChI=1S/C18H25N5O/c1-22-14-17(12-20-22)23-11-9-16(13-23)21-18(24)19-10-5-8-15-6-3-2-4-7-15/h2-4,6-7,12,14,16H,5,8-11,13H2,1H3,(H2,19,21,24)/t16-/m1/s1. The first-order chi connectivity index (χ1) is 11.7. The van der Waals surface area contributed by atoms with Gasteiger partial charge in [0.05, 0.1) is 11.9 Å². The molecule has 1 atom stereocenters. The minimum atomic E-state index is -0.0684. The van der Waals surface area contributed by atoms with E-state index < -0.39 is 0 Å². The van der Waals surface area contributed by atoms with Crippen LogP contribution in [0, 0.1) is 0 Å². The van der Waals surface area contributed by atoms with E-state index in [2.05, 4.69) is 32.8 Å². The average molecular weight is 327 g/mol. The summed E-state index contributed by atoms with van der Waals surface area (Å²) < 4.78 is 1.80. The second-order valence-corrected chi connectivity index (χ2v) is 6.29. The lowest BCUT2D eigenvalue weighted by molar-refractivity contribution is 0.237. The molecule has 0 spiro atoms. The second kappa shape index (κ2) is 7.86. The number of aryl methyl sites for hydroxylation is 2. The lowest BCUT2D eigenvalue weighted by Gasteiger charge is -2.17. The van der Waals surface area contributed by atoms with Crippen molar-refractivity contribution < 1.29 is 4.79 Å². The molecule has 6 nitrogen and oxygen atoms in total. The molecule has 1 fully saturated rings. The highest BCUT2D eigenvalue weighted by Gasteiger charge is 2.24. The van der Waals surface area contributed by atoms with Crippen LogP contribution in [0.4, 0.5) is 10.5 Å². The zero-order valence-corrected chi connectivity index (χ0v) is 14.1. The highest BCUT2D eigenvalue weighted by Crippen LogP contribution is 2.19. The van der Waals surface area contributed by atoms with E-state index in [0.717, 1.165) is 38.0 Å². The smallest absolute Gasteiger partial charge is 0.315 e. The lowest BCUT2D eigenvalue weighted by Crippen LogP contribution is -2.43. The number of anilines is 1. The topological polar surface area (TPSA) is 62.2 Å². The van der Waals surface area contributed by atoms with E-state index in [4.69, 9.17) is 0 Å². The van der Waals surface area contributed by atoms with Gasteiger partial charge in [-0.05, 0) is 24.8 Å². The van der Waals surface area contributed by atoms with Crippen molar-refractivity contribution in [3.8, 4) is 0 Å². The zero-order valence-electron chi connectivity index (χ0n) is 14.1. The van der Waals surface area contributed by atoms with Crippen LogP contribution in [0.1, 0.15) is 18.4 Å². The highest BCUT2D eigenvalue weighted by molar-refractivity contribution is 5.74. The molecule has 1 aliphatic rings. The van der Waals surface area contributed by atoms with Crippen molar-refractivity contribution in [1.29, 1.82) is 0 Å². The number of hydrogen-bond donors (Lipinski definition) is 2. The van der Waals surface area contributed by atoms with Gasteiger partial charge in [0.15, 0.2) is 0 Å². The monoisotopic (exact) mass is 327 g/mol. The summed E-state index contributed by atoms with van der Waals surface area (Å²) in [5.74, 6) is 0. The van der Waals surface area contributed by atoms with Gasteiger partial charge in [-0.15, -0.1) is 0 Å². The van der Waals surface area contributed by atoms with Gasteiger partial charge in [-0.25, -0.2) is 4.79 Å². The van der Waals surface area contributed by atoms with Crippen molar-refractivity contribution in [2.45, 2.75) is 25.3 Å². The average Bonchev–Trinajstić information content (AvgIpc) is 3.21. The summed E-state index contributed by atoms with van der Waals surface area (Å²) in [5, 5.41) is 10.2. The van der Waals surface area contributed by atoms with Gasteiger partial charge in [-0.3, -0.25) is 4.68 Å². The molecule has 24 heavy (non-hydrogen) atoms. The fourth-order valence-electron chi connectivity index (χ4n) is 3.06. The molecule has 2 N–H and O–H groups in total. The maximum atomic E-state index is 12.0. The van der Waals surface area contributed by atoms with Crippen LogP contribution in [0.25, 0.3) is 0 Å². The molecule has 1 aromatic heterocycles. The predicted molar refractivity (Wildman–Crippen MR) is 95.1 cm³/mol. The van der Waals surface area contributed by atoms with Crippen molar-refractivity contribution in [1.82, 2.24) is 20.4 Å². The summed E-state index contributed by atoms with van der Waals surface area (Å²) in [4.78, 5) is 14.3. The molecule has 3 rings (SSSR count). The van der Waals surface area contributed by atoms with Gasteiger partial charge in [-0.1, -0.05) is 30.3 Å². The van der Waals surface area contributed by atoms with E-state index in [1.807, 2.05) is 37.6 Å². The Balaban J connectivity index is 1.34. The highest BCUT2D eigenvalue weighted by atomic mass is 16.2. The number of rotatable bonds is 6. The summed E-state index contributed by atoms with van der Waals surface area (Å²) in [6.07, 6.45) is 6.77. The third-order valence-electron chi connectivity index (χ3n) is 4.35. The first-order valence-electron chi connectivity index (χ1n) is 8.52. The number of hydrogen-bond acceptors (Lipinski definition) is 3. The normalized spacial score (nSPS) is 17.0. The Morgan fingerprint density at radius 3 is 2.92 bits per heavy atom. The van der Waals surface area contributed by atoms with E-state index in [0.29, 0.717) is 6.54 Å². The van der Waals surface area contributed by atoms with Crippen LogP contribution < -0.4 is 15.5 Å². The van der Waals surface area contributed by atoms with E-state index in [9.17, 15) is 4.79 Å². The molecular formula is C18H25N5O. The van der Waals surface area contributed by atoms with Crippen LogP contribution in [0.3, 0.4) is 0 Å². The minimum absolute atomic E-state index is 0.0684. The van der Waals surface area contributed by atoms with Crippen molar-refractivity contribution >= 4 is 11.7 Å². The van der Waals surface area contributed by atoms with Crippen LogP contribution in [0.2, 0.25) is 0 Å². The Morgan fingerprint density at radius 2 is 2.17 bits per heavy atom. The number of amides is 2. The summed E-state index contributed by atoms with van der Waals surface area (Å²) >= 11 is 0. The van der Waals surface area contributed by atoms with Crippen molar-refractivity contribution in [3.05, 3.63) is 48.3 Å². The first-order valence-corrected chi connectivity index (χ1v) is 8.52. The number of aromatic nitrogens is 2. The summed E-state index contributed by atoms with van der Waals surface area (Å²) in [7, 11) is 1.91. The molecule has 0 bridgehead atoms. The molecule has 128 valence electrons. The number of urea groups is 1. The van der Waals surface area contributed by atoms with Crippen LogP contribution in [0.15, 0.2) is 42.7 Å². The van der Waals surface area contributed by atoms with Crippen LogP contribution in [0.5, 0.6) is 0 Å². The number of carbonyl (C=O) groups excluding carboxylic acids is 1. The molecule has 2 aromatic rings. The van der Waals surface area contributed by atoms with Crippen molar-refractivity contribution in [3.63, 3.8) is 0 Å². The Labute approximate surface area is 142 Å². The minimum Gasteiger partial charge on any atom is -0.367 e. The van der Waals surface area contributed by atoms with Gasteiger partial charge in [0.2, 0.25) is 0 Å². The maximum Gasteiger partial charge on any atom is 0.315 e. The van der Waals surface area contributed by atoms with Gasteiger partial charge in [0, 0.05) is 38.9 Å². The van der Waals surface area contributed by atoms with Gasteiger partial charge >= 0.3 is 6.03 Å². The zero-order chi connectivity index (χ0) is 16.8. The van der Waals surface area contributed by atoms with Crippen LogP contribution in [-0.2, 0) is 13.5 Å². The summed E-state index contributed by atoms with van der Waals surface area (Å²) in [6.45, 7) is 2.48. The Hall–Kier alpha value is -2.50. The third-order valence-corrected chi connectivity index (χ3v) is 4.35. The van der Waals surface area contributed by atoms with Crippen molar-refractivity contribution in [2.75, 3.05) is 24.5 Å². The van der Waals surface area contributed by atoms with Crippen LogP contribution in [-0.4, -0.2) is 41.5 Å². The molecule has 6 heteroatoms. The van der Waals surface area contributed by atoms with E-state index in [1.165, 1.54) is 5.56 Å². The molecule has 0 saturated carbocycles. The lowest BCUT2D eigenvalue weighted by atomic mass is 10.1. The molecule has 0 aliphatic carbocycles. The quantitative estimate of drug-likeness (QED) is 0.797. The summed E-state index contributed by atoms with van der Waals surface area (Å²) in [5.41, 5.74) is 2.42. The van der Waals surface area contributed by atoms with E-state index >= 15 is 0 Å². The fraction of sp³-hybridized carbons (Fsp3) is 0.444. The predicted octanol–water partition coefficient (Wildman–Crippen LogP) is 1.93.